The van der Waals surface area contributed by atoms with Crippen LogP contribution in [0.1, 0.15) is 23.6 Å². The third-order valence-corrected chi connectivity index (χ3v) is 5.03. The van der Waals surface area contributed by atoms with Crippen molar-refractivity contribution in [2.75, 3.05) is 47.8 Å². The van der Waals surface area contributed by atoms with Crippen LogP contribution in [-0.2, 0) is 22.3 Å². The van der Waals surface area contributed by atoms with E-state index in [2.05, 4.69) is 26.0 Å². The molecule has 0 N–H and O–H groups in total. The molecule has 2 aromatic carbocycles. The second-order valence-electron chi connectivity index (χ2n) is 7.12. The molecule has 5 nitrogen and oxygen atoms in total. The molecule has 0 radical (unpaired) electrons. The lowest BCUT2D eigenvalue weighted by molar-refractivity contribution is 0.144. The van der Waals surface area contributed by atoms with Crippen LogP contribution in [0.5, 0.6) is 17.2 Å². The van der Waals surface area contributed by atoms with E-state index < -0.39 is 0 Å². The van der Waals surface area contributed by atoms with Gasteiger partial charge >= 0.3 is 0 Å². The highest BCUT2D eigenvalue weighted by Gasteiger charge is 2.26. The summed E-state index contributed by atoms with van der Waals surface area (Å²) in [4.78, 5) is 0. The van der Waals surface area contributed by atoms with Gasteiger partial charge in [-0.2, -0.15) is 0 Å². The van der Waals surface area contributed by atoms with Gasteiger partial charge in [0.15, 0.2) is 0 Å². The molecule has 3 rings (SSSR count). The Morgan fingerprint density at radius 1 is 0.821 bits per heavy atom. The highest BCUT2D eigenvalue weighted by Crippen LogP contribution is 2.47. The molecule has 0 amide bonds. The molecule has 0 atom stereocenters. The van der Waals surface area contributed by atoms with Crippen LogP contribution in [-0.4, -0.2) is 47.8 Å². The fourth-order valence-electron chi connectivity index (χ4n) is 3.72. The molecule has 1 aliphatic rings. The van der Waals surface area contributed by atoms with Crippen molar-refractivity contribution >= 4 is 10.8 Å². The minimum Gasteiger partial charge on any atom is -0.496 e. The van der Waals surface area contributed by atoms with E-state index in [9.17, 15) is 0 Å². The molecule has 0 unspecified atom stereocenters. The smallest absolute Gasteiger partial charge is 0.135 e. The van der Waals surface area contributed by atoms with Gasteiger partial charge in [-0.25, -0.2) is 0 Å². The molecule has 0 heterocycles. The summed E-state index contributed by atoms with van der Waals surface area (Å²) in [6.45, 7) is 6.29. The molecule has 0 bridgehead atoms. The van der Waals surface area contributed by atoms with Gasteiger partial charge in [0.1, 0.15) is 30.5 Å². The van der Waals surface area contributed by atoms with Crippen LogP contribution in [0, 0.1) is 6.92 Å². The molecule has 0 aromatic heterocycles. The summed E-state index contributed by atoms with van der Waals surface area (Å²) in [6.07, 6.45) is 3.94. The Hall–Kier alpha value is -2.24. The molecule has 0 aliphatic heterocycles. The first-order chi connectivity index (χ1) is 13.6. The predicted octanol–water partition coefficient (Wildman–Crippen LogP) is 4.25. The highest BCUT2D eigenvalue weighted by atomic mass is 16.5. The Bertz CT molecular complexity index is 869. The van der Waals surface area contributed by atoms with E-state index in [4.69, 9.17) is 23.7 Å². The lowest BCUT2D eigenvalue weighted by Gasteiger charge is -2.26. The van der Waals surface area contributed by atoms with Gasteiger partial charge in [0.25, 0.3) is 0 Å². The Balaban J connectivity index is 2.26. The number of benzene rings is 2. The van der Waals surface area contributed by atoms with Crippen LogP contribution in [0.2, 0.25) is 0 Å². The zero-order valence-electron chi connectivity index (χ0n) is 17.5. The summed E-state index contributed by atoms with van der Waals surface area (Å²) in [5.74, 6) is 2.59. The van der Waals surface area contributed by atoms with E-state index >= 15 is 0 Å². The Labute approximate surface area is 167 Å². The third kappa shape index (κ3) is 4.10. The second-order valence-corrected chi connectivity index (χ2v) is 7.12. The lowest BCUT2D eigenvalue weighted by Crippen LogP contribution is -2.14. The van der Waals surface area contributed by atoms with Crippen LogP contribution in [0.3, 0.4) is 0 Å². The molecular weight excluding hydrogens is 356 g/mol. The monoisotopic (exact) mass is 386 g/mol. The zero-order valence-corrected chi connectivity index (χ0v) is 17.5. The molecule has 0 fully saturated rings. The lowest BCUT2D eigenvalue weighted by atomic mass is 9.87. The minimum atomic E-state index is 0.488. The van der Waals surface area contributed by atoms with Crippen LogP contribution in [0.4, 0.5) is 0 Å². The maximum atomic E-state index is 6.26. The molecule has 1 aliphatic carbocycles. The Morgan fingerprint density at radius 2 is 1.50 bits per heavy atom. The van der Waals surface area contributed by atoms with E-state index in [1.54, 1.807) is 21.3 Å². The van der Waals surface area contributed by atoms with Crippen molar-refractivity contribution in [3.63, 3.8) is 0 Å². The average Bonchev–Trinajstić information content (AvgIpc) is 2.69. The number of rotatable bonds is 9. The van der Waals surface area contributed by atoms with Gasteiger partial charge in [-0.15, -0.1) is 0 Å². The second kappa shape index (κ2) is 9.30. The quantitative estimate of drug-likeness (QED) is 0.476. The standard InChI is InChI=1S/C23H30O5/c1-15-6-7-17-18(12-15)23(28-11-9-25-4)21-19(22(17)27-10-8-24-3)13-16(2)14-20(21)26-5/h6,13-14H,7-12H2,1-5H3. The van der Waals surface area contributed by atoms with Gasteiger partial charge in [0.2, 0.25) is 0 Å². The summed E-state index contributed by atoms with van der Waals surface area (Å²) < 4.78 is 28.6. The number of hydrogen-bond acceptors (Lipinski definition) is 5. The zero-order chi connectivity index (χ0) is 20.1. The van der Waals surface area contributed by atoms with E-state index in [1.807, 2.05) is 6.07 Å². The van der Waals surface area contributed by atoms with Crippen molar-refractivity contribution < 1.29 is 23.7 Å². The van der Waals surface area contributed by atoms with Crippen LogP contribution >= 0.6 is 0 Å². The van der Waals surface area contributed by atoms with Crippen molar-refractivity contribution in [1.82, 2.24) is 0 Å². The number of aryl methyl sites for hydroxylation is 1. The van der Waals surface area contributed by atoms with E-state index in [0.717, 1.165) is 46.4 Å². The van der Waals surface area contributed by atoms with Crippen LogP contribution < -0.4 is 14.2 Å². The molecular formula is C23H30O5. The largest absolute Gasteiger partial charge is 0.496 e. The molecule has 0 spiro atoms. The SMILES string of the molecule is COCCOc1c2c(c(OCCOC)c3c(OC)cc(C)cc13)CC(C)=CC2. The van der Waals surface area contributed by atoms with Gasteiger partial charge < -0.3 is 23.7 Å². The van der Waals surface area contributed by atoms with Gasteiger partial charge in [0.05, 0.1) is 25.7 Å². The summed E-state index contributed by atoms with van der Waals surface area (Å²) in [7, 11) is 5.06. The van der Waals surface area contributed by atoms with Gasteiger partial charge in [-0.3, -0.25) is 0 Å². The van der Waals surface area contributed by atoms with Crippen LogP contribution in [0.25, 0.3) is 10.8 Å². The number of ether oxygens (including phenoxy) is 5. The third-order valence-electron chi connectivity index (χ3n) is 5.03. The number of allylic oxidation sites excluding steroid dienone is 2. The van der Waals surface area contributed by atoms with Gasteiger partial charge in [0, 0.05) is 30.7 Å². The molecule has 152 valence electrons. The number of hydrogen-bond donors (Lipinski definition) is 0. The molecule has 0 saturated carbocycles. The molecule has 5 heteroatoms. The van der Waals surface area contributed by atoms with Crippen LogP contribution in [0.15, 0.2) is 23.8 Å². The topological polar surface area (TPSA) is 46.2 Å². The fraction of sp³-hybridized carbons (Fsp3) is 0.478. The normalized spacial score (nSPS) is 13.2. The van der Waals surface area contributed by atoms with Gasteiger partial charge in [-0.05, 0) is 44.4 Å². The van der Waals surface area contributed by atoms with Crippen molar-refractivity contribution in [2.24, 2.45) is 0 Å². The van der Waals surface area contributed by atoms with Crippen molar-refractivity contribution in [3.8, 4) is 17.2 Å². The minimum absolute atomic E-state index is 0.488. The summed E-state index contributed by atoms with van der Waals surface area (Å²) >= 11 is 0. The van der Waals surface area contributed by atoms with E-state index in [0.29, 0.717) is 26.4 Å². The maximum Gasteiger partial charge on any atom is 0.135 e. The molecule has 28 heavy (non-hydrogen) atoms. The van der Waals surface area contributed by atoms with Gasteiger partial charge in [-0.1, -0.05) is 11.6 Å². The molecule has 0 saturated heterocycles. The van der Waals surface area contributed by atoms with Crippen molar-refractivity contribution in [2.45, 2.75) is 26.7 Å². The first-order valence-electron chi connectivity index (χ1n) is 9.65. The van der Waals surface area contributed by atoms with Crippen molar-refractivity contribution in [3.05, 3.63) is 40.5 Å². The number of fused-ring (bicyclic) bond motifs is 2. The first kappa shape index (κ1) is 20.5. The first-order valence-corrected chi connectivity index (χ1v) is 9.65. The average molecular weight is 386 g/mol. The van der Waals surface area contributed by atoms with E-state index in [-0.39, 0.29) is 0 Å². The maximum absolute atomic E-state index is 6.26. The predicted molar refractivity (Wildman–Crippen MR) is 111 cm³/mol. The number of methoxy groups -OCH3 is 3. The molecule has 2 aromatic rings. The Kier molecular flexibility index (Phi) is 6.81. The summed E-state index contributed by atoms with van der Waals surface area (Å²) in [5.41, 5.74) is 4.82. The van der Waals surface area contributed by atoms with E-state index in [1.165, 1.54) is 16.7 Å². The fourth-order valence-corrected chi connectivity index (χ4v) is 3.72. The summed E-state index contributed by atoms with van der Waals surface area (Å²) in [5, 5.41) is 1.98. The Morgan fingerprint density at radius 3 is 2.14 bits per heavy atom. The van der Waals surface area contributed by atoms with Crippen molar-refractivity contribution in [1.29, 1.82) is 0 Å². The summed E-state index contributed by atoms with van der Waals surface area (Å²) in [6, 6.07) is 4.19. The highest BCUT2D eigenvalue weighted by molar-refractivity contribution is 6.01.